The van der Waals surface area contributed by atoms with Crippen LogP contribution in [0, 0.1) is 0 Å². The maximum absolute atomic E-state index is 12.9. The number of benzene rings is 3. The maximum Gasteiger partial charge on any atom is 0.307 e. The van der Waals surface area contributed by atoms with E-state index in [1.165, 1.54) is 0 Å². The predicted octanol–water partition coefficient (Wildman–Crippen LogP) is 4.81. The average molecular weight is 594 g/mol. The first-order valence-corrected chi connectivity index (χ1v) is 15.2. The molecule has 3 N–H and O–H groups in total. The van der Waals surface area contributed by atoms with Gasteiger partial charge in [-0.25, -0.2) is 0 Å². The van der Waals surface area contributed by atoms with Crippen LogP contribution in [0.25, 0.3) is 0 Å². The van der Waals surface area contributed by atoms with E-state index in [2.05, 4.69) is 12.2 Å². The number of esters is 1. The molecule has 0 radical (unpaired) electrons. The SMILES string of the molecule is CCCCN[C@H](CC(=O)OCC)[C@H](OCc1ccccc1)[C@@H](OCc1ccccc1)[C@H](OCc1ccccc1)[C@H](O)CO. The number of hydrogen-bond acceptors (Lipinski definition) is 8. The number of nitrogens with one attached hydrogen (secondary N) is 1. The third-order valence-corrected chi connectivity index (χ3v) is 7.10. The molecule has 0 spiro atoms. The molecule has 43 heavy (non-hydrogen) atoms. The fraction of sp³-hybridized carbons (Fsp3) is 0.457. The molecule has 3 aromatic rings. The van der Waals surface area contributed by atoms with Crippen molar-refractivity contribution in [2.24, 2.45) is 0 Å². The van der Waals surface area contributed by atoms with Crippen molar-refractivity contribution < 1.29 is 34.0 Å². The van der Waals surface area contributed by atoms with E-state index in [0.717, 1.165) is 29.5 Å². The van der Waals surface area contributed by atoms with E-state index in [9.17, 15) is 15.0 Å². The van der Waals surface area contributed by atoms with Gasteiger partial charge in [0.05, 0.1) is 39.5 Å². The molecule has 0 aliphatic heterocycles. The van der Waals surface area contributed by atoms with E-state index in [1.54, 1.807) is 6.92 Å². The summed E-state index contributed by atoms with van der Waals surface area (Å²) in [4.78, 5) is 12.9. The second kappa shape index (κ2) is 20.0. The minimum atomic E-state index is -1.27. The van der Waals surface area contributed by atoms with Crippen LogP contribution in [0.15, 0.2) is 91.0 Å². The van der Waals surface area contributed by atoms with Crippen LogP contribution in [0.4, 0.5) is 0 Å². The fourth-order valence-electron chi connectivity index (χ4n) is 4.81. The number of ether oxygens (including phenoxy) is 4. The first-order chi connectivity index (χ1) is 21.0. The monoisotopic (exact) mass is 593 g/mol. The lowest BCUT2D eigenvalue weighted by molar-refractivity contribution is -0.191. The van der Waals surface area contributed by atoms with E-state index in [-0.39, 0.29) is 38.8 Å². The molecule has 0 bridgehead atoms. The molecule has 0 heterocycles. The van der Waals surface area contributed by atoms with Crippen LogP contribution in [0.1, 0.15) is 49.8 Å². The number of aliphatic hydroxyl groups excluding tert-OH is 2. The van der Waals surface area contributed by atoms with E-state index >= 15 is 0 Å². The molecule has 3 aromatic carbocycles. The Morgan fingerprint density at radius 3 is 1.63 bits per heavy atom. The number of carbonyl (C=O) groups excluding carboxylic acids is 1. The highest BCUT2D eigenvalue weighted by molar-refractivity contribution is 5.70. The summed E-state index contributed by atoms with van der Waals surface area (Å²) < 4.78 is 24.9. The molecule has 234 valence electrons. The van der Waals surface area contributed by atoms with Crippen molar-refractivity contribution in [3.05, 3.63) is 108 Å². The van der Waals surface area contributed by atoms with Gasteiger partial charge in [-0.2, -0.15) is 0 Å². The molecule has 0 fully saturated rings. The van der Waals surface area contributed by atoms with Crippen LogP contribution >= 0.6 is 0 Å². The highest BCUT2D eigenvalue weighted by Crippen LogP contribution is 2.24. The van der Waals surface area contributed by atoms with Crippen molar-refractivity contribution in [1.29, 1.82) is 0 Å². The van der Waals surface area contributed by atoms with Gasteiger partial charge in [-0.1, -0.05) is 104 Å². The van der Waals surface area contributed by atoms with Crippen LogP contribution < -0.4 is 5.32 Å². The molecule has 0 aliphatic rings. The average Bonchev–Trinajstić information content (AvgIpc) is 3.04. The third-order valence-electron chi connectivity index (χ3n) is 7.10. The lowest BCUT2D eigenvalue weighted by Crippen LogP contribution is -2.57. The zero-order chi connectivity index (χ0) is 30.7. The number of rotatable bonds is 21. The summed E-state index contributed by atoms with van der Waals surface area (Å²) in [5.74, 6) is -0.365. The fourth-order valence-corrected chi connectivity index (χ4v) is 4.81. The van der Waals surface area contributed by atoms with Gasteiger partial charge in [0.1, 0.15) is 24.4 Å². The highest BCUT2D eigenvalue weighted by atomic mass is 16.6. The number of carbonyl (C=O) groups is 1. The Balaban J connectivity index is 2.02. The minimum absolute atomic E-state index is 0.0306. The largest absolute Gasteiger partial charge is 0.466 e. The molecule has 8 nitrogen and oxygen atoms in total. The second-order valence-corrected chi connectivity index (χ2v) is 10.5. The number of unbranched alkanes of at least 4 members (excludes halogenated alkanes) is 1. The Morgan fingerprint density at radius 1 is 0.721 bits per heavy atom. The molecule has 0 unspecified atom stereocenters. The van der Waals surface area contributed by atoms with Crippen molar-refractivity contribution in [3.8, 4) is 0 Å². The predicted molar refractivity (Wildman–Crippen MR) is 166 cm³/mol. The van der Waals surface area contributed by atoms with Crippen LogP contribution in [-0.4, -0.2) is 66.4 Å². The van der Waals surface area contributed by atoms with Crippen LogP contribution in [-0.2, 0) is 43.6 Å². The summed E-state index contributed by atoms with van der Waals surface area (Å²) in [7, 11) is 0. The molecule has 0 saturated heterocycles. The van der Waals surface area contributed by atoms with Gasteiger partial charge in [-0.15, -0.1) is 0 Å². The van der Waals surface area contributed by atoms with Crippen LogP contribution in [0.2, 0.25) is 0 Å². The molecule has 0 saturated carbocycles. The Labute approximate surface area is 256 Å². The second-order valence-electron chi connectivity index (χ2n) is 10.5. The quantitative estimate of drug-likeness (QED) is 0.119. The van der Waals surface area contributed by atoms with Crippen molar-refractivity contribution >= 4 is 5.97 Å². The molecule has 3 rings (SSSR count). The molecular formula is C35H47NO7. The van der Waals surface area contributed by atoms with Gasteiger partial charge in [0.2, 0.25) is 0 Å². The Hall–Kier alpha value is -3.11. The van der Waals surface area contributed by atoms with Gasteiger partial charge in [-0.05, 0) is 36.6 Å². The van der Waals surface area contributed by atoms with Gasteiger partial charge < -0.3 is 34.5 Å². The van der Waals surface area contributed by atoms with E-state index < -0.39 is 37.1 Å². The summed E-state index contributed by atoms with van der Waals surface area (Å²) in [6.07, 6.45) is -1.99. The molecule has 0 aliphatic carbocycles. The van der Waals surface area contributed by atoms with Crippen LogP contribution in [0.5, 0.6) is 0 Å². The normalized spacial score (nSPS) is 14.9. The van der Waals surface area contributed by atoms with Gasteiger partial charge in [0.25, 0.3) is 0 Å². The van der Waals surface area contributed by atoms with Crippen LogP contribution in [0.3, 0.4) is 0 Å². The molecule has 0 amide bonds. The topological polar surface area (TPSA) is 106 Å². The zero-order valence-electron chi connectivity index (χ0n) is 25.3. The summed E-state index contributed by atoms with van der Waals surface area (Å²) in [5, 5.41) is 24.8. The first kappa shape index (κ1) is 34.4. The lowest BCUT2D eigenvalue weighted by atomic mass is 9.94. The Kier molecular flexibility index (Phi) is 16.0. The maximum atomic E-state index is 12.9. The molecule has 8 heteroatoms. The van der Waals surface area contributed by atoms with Gasteiger partial charge in [0, 0.05) is 6.04 Å². The zero-order valence-corrected chi connectivity index (χ0v) is 25.3. The summed E-state index contributed by atoms with van der Waals surface area (Å²) in [5.41, 5.74) is 2.78. The summed E-state index contributed by atoms with van der Waals surface area (Å²) >= 11 is 0. The van der Waals surface area contributed by atoms with Crippen molar-refractivity contribution in [1.82, 2.24) is 5.32 Å². The Bertz CT molecular complexity index is 1130. The highest BCUT2D eigenvalue weighted by Gasteiger charge is 2.41. The molecular weight excluding hydrogens is 546 g/mol. The number of hydrogen-bond donors (Lipinski definition) is 3. The van der Waals surface area contributed by atoms with Crippen molar-refractivity contribution in [3.63, 3.8) is 0 Å². The summed E-state index contributed by atoms with van der Waals surface area (Å²) in [6.45, 7) is 4.88. The Morgan fingerprint density at radius 2 is 1.19 bits per heavy atom. The molecule has 0 aromatic heterocycles. The van der Waals surface area contributed by atoms with Gasteiger partial charge >= 0.3 is 5.97 Å². The number of aliphatic hydroxyl groups is 2. The molecule has 5 atom stereocenters. The van der Waals surface area contributed by atoms with Gasteiger partial charge in [-0.3, -0.25) is 4.79 Å². The minimum Gasteiger partial charge on any atom is -0.466 e. The third kappa shape index (κ3) is 12.2. The van der Waals surface area contributed by atoms with E-state index in [4.69, 9.17) is 18.9 Å². The van der Waals surface area contributed by atoms with Crippen molar-refractivity contribution in [2.45, 2.75) is 83.4 Å². The standard InChI is InChI=1S/C35H47NO7/c1-3-5-21-36-30(22-32(39)40-4-2)33(41-24-27-15-9-6-10-16-27)35(43-26-29-19-13-8-14-20-29)34(31(38)23-37)42-25-28-17-11-7-12-18-28/h6-20,30-31,33-38H,3-5,21-26H2,1-2H3/t30-,31-,33+,34-,35-/m1/s1. The van der Waals surface area contributed by atoms with E-state index in [0.29, 0.717) is 6.54 Å². The first-order valence-electron chi connectivity index (χ1n) is 15.2. The lowest BCUT2D eigenvalue weighted by Gasteiger charge is -2.39. The summed E-state index contributed by atoms with van der Waals surface area (Å²) in [6, 6.07) is 28.5. The smallest absolute Gasteiger partial charge is 0.307 e. The van der Waals surface area contributed by atoms with Gasteiger partial charge in [0.15, 0.2) is 0 Å². The van der Waals surface area contributed by atoms with E-state index in [1.807, 2.05) is 91.0 Å². The van der Waals surface area contributed by atoms with Crippen molar-refractivity contribution in [2.75, 3.05) is 19.8 Å².